The normalized spacial score (nSPS) is 10.8. The van der Waals surface area contributed by atoms with E-state index >= 15 is 0 Å². The fourth-order valence-electron chi connectivity index (χ4n) is 2.59. The van der Waals surface area contributed by atoms with Crippen LogP contribution in [0.1, 0.15) is 17.0 Å². The number of halogens is 1. The molecule has 23 heavy (non-hydrogen) atoms. The molecular formula is C18H18FN3O. The highest BCUT2D eigenvalue weighted by atomic mass is 19.1. The minimum absolute atomic E-state index is 0.166. The first-order chi connectivity index (χ1) is 11.0. The number of benzene rings is 2. The summed E-state index contributed by atoms with van der Waals surface area (Å²) in [7, 11) is 1.77. The van der Waals surface area contributed by atoms with Gasteiger partial charge in [-0.25, -0.2) is 14.4 Å². The van der Waals surface area contributed by atoms with Crippen molar-refractivity contribution in [3.8, 4) is 11.5 Å². The molecule has 0 aliphatic rings. The topological polar surface area (TPSA) is 47.0 Å². The van der Waals surface area contributed by atoms with Gasteiger partial charge >= 0.3 is 0 Å². The van der Waals surface area contributed by atoms with Crippen molar-refractivity contribution in [2.45, 2.75) is 20.8 Å². The van der Waals surface area contributed by atoms with Crippen molar-refractivity contribution in [3.63, 3.8) is 0 Å². The first-order valence-electron chi connectivity index (χ1n) is 7.39. The van der Waals surface area contributed by atoms with Crippen molar-refractivity contribution in [2.24, 2.45) is 0 Å². The lowest BCUT2D eigenvalue weighted by molar-refractivity contribution is 0.438. The monoisotopic (exact) mass is 311 g/mol. The molecule has 0 spiro atoms. The van der Waals surface area contributed by atoms with Gasteiger partial charge in [-0.2, -0.15) is 0 Å². The molecule has 1 N–H and O–H groups in total. The summed E-state index contributed by atoms with van der Waals surface area (Å²) in [6.07, 6.45) is 0. The van der Waals surface area contributed by atoms with Gasteiger partial charge in [-0.1, -0.05) is 18.2 Å². The number of nitrogens with one attached hydrogen (secondary N) is 1. The van der Waals surface area contributed by atoms with E-state index in [9.17, 15) is 4.39 Å². The third-order valence-corrected chi connectivity index (χ3v) is 3.72. The van der Waals surface area contributed by atoms with Crippen molar-refractivity contribution in [3.05, 3.63) is 53.1 Å². The smallest absolute Gasteiger partial charge is 0.167 e. The number of para-hydroxylation sites is 1. The van der Waals surface area contributed by atoms with Gasteiger partial charge < -0.3 is 10.1 Å². The average Bonchev–Trinajstić information content (AvgIpc) is 2.50. The summed E-state index contributed by atoms with van der Waals surface area (Å²) in [6.45, 7) is 5.65. The highest BCUT2D eigenvalue weighted by Crippen LogP contribution is 2.33. The number of hydrogen-bond acceptors (Lipinski definition) is 4. The molecule has 0 fully saturated rings. The summed E-state index contributed by atoms with van der Waals surface area (Å²) < 4.78 is 20.3. The molecule has 0 aliphatic heterocycles. The van der Waals surface area contributed by atoms with Crippen LogP contribution in [0.25, 0.3) is 10.9 Å². The largest absolute Gasteiger partial charge is 0.454 e. The molecule has 0 bridgehead atoms. The Labute approximate surface area is 134 Å². The quantitative estimate of drug-likeness (QED) is 0.772. The predicted molar refractivity (Wildman–Crippen MR) is 89.8 cm³/mol. The van der Waals surface area contributed by atoms with Gasteiger partial charge in [0.25, 0.3) is 0 Å². The van der Waals surface area contributed by atoms with Crippen molar-refractivity contribution >= 4 is 16.7 Å². The molecule has 5 heteroatoms. The molecule has 0 amide bonds. The molecule has 0 saturated heterocycles. The Balaban J connectivity index is 2.15. The molecule has 1 aromatic heterocycles. The zero-order valence-electron chi connectivity index (χ0n) is 13.6. The Bertz CT molecular complexity index is 873. The number of fused-ring (bicyclic) bond motifs is 1. The SMILES string of the molecule is CNc1nc(C)nc2cc(F)c(Oc3c(C)cccc3C)cc12. The number of anilines is 1. The van der Waals surface area contributed by atoms with Crippen molar-refractivity contribution < 1.29 is 9.13 Å². The van der Waals surface area contributed by atoms with Gasteiger partial charge in [0.15, 0.2) is 11.6 Å². The second kappa shape index (κ2) is 5.83. The van der Waals surface area contributed by atoms with E-state index < -0.39 is 5.82 Å². The zero-order valence-corrected chi connectivity index (χ0v) is 13.6. The summed E-state index contributed by atoms with van der Waals surface area (Å²) in [5.74, 6) is 1.63. The molecule has 1 heterocycles. The number of aryl methyl sites for hydroxylation is 3. The first-order valence-corrected chi connectivity index (χ1v) is 7.39. The van der Waals surface area contributed by atoms with Crippen LogP contribution in [0.3, 0.4) is 0 Å². The Morgan fingerprint density at radius 2 is 1.74 bits per heavy atom. The summed E-state index contributed by atoms with van der Waals surface area (Å²) >= 11 is 0. The maximum atomic E-state index is 14.4. The van der Waals surface area contributed by atoms with Crippen molar-refractivity contribution in [1.82, 2.24) is 9.97 Å². The van der Waals surface area contributed by atoms with Gasteiger partial charge in [0, 0.05) is 18.5 Å². The molecule has 0 radical (unpaired) electrons. The molecule has 3 rings (SSSR count). The maximum Gasteiger partial charge on any atom is 0.167 e. The summed E-state index contributed by atoms with van der Waals surface area (Å²) in [5.41, 5.74) is 2.46. The fraction of sp³-hybridized carbons (Fsp3) is 0.222. The van der Waals surface area contributed by atoms with E-state index in [1.165, 1.54) is 6.07 Å². The Kier molecular flexibility index (Phi) is 3.86. The first kappa shape index (κ1) is 15.2. The average molecular weight is 311 g/mol. The molecule has 0 saturated carbocycles. The summed E-state index contributed by atoms with van der Waals surface area (Å²) in [4.78, 5) is 8.61. The minimum atomic E-state index is -0.444. The molecular weight excluding hydrogens is 293 g/mol. The lowest BCUT2D eigenvalue weighted by Gasteiger charge is -2.14. The van der Waals surface area contributed by atoms with Crippen molar-refractivity contribution in [2.75, 3.05) is 12.4 Å². The summed E-state index contributed by atoms with van der Waals surface area (Å²) in [6, 6.07) is 8.85. The van der Waals surface area contributed by atoms with E-state index in [2.05, 4.69) is 15.3 Å². The van der Waals surface area contributed by atoms with E-state index in [1.54, 1.807) is 20.0 Å². The van der Waals surface area contributed by atoms with Crippen molar-refractivity contribution in [1.29, 1.82) is 0 Å². The molecule has 0 unspecified atom stereocenters. The molecule has 2 aromatic carbocycles. The van der Waals surface area contributed by atoms with Gasteiger partial charge in [-0.3, -0.25) is 0 Å². The number of rotatable bonds is 3. The highest BCUT2D eigenvalue weighted by molar-refractivity contribution is 5.90. The second-order valence-electron chi connectivity index (χ2n) is 5.49. The molecule has 0 aliphatic carbocycles. The van der Waals surface area contributed by atoms with Gasteiger partial charge in [0.1, 0.15) is 17.4 Å². The van der Waals surface area contributed by atoms with Crippen LogP contribution in [-0.4, -0.2) is 17.0 Å². The van der Waals surface area contributed by atoms with Crippen LogP contribution >= 0.6 is 0 Å². The Hall–Kier alpha value is -2.69. The van der Waals surface area contributed by atoms with Crippen LogP contribution in [0, 0.1) is 26.6 Å². The maximum absolute atomic E-state index is 14.4. The number of ether oxygens (including phenoxy) is 1. The Morgan fingerprint density at radius 3 is 2.39 bits per heavy atom. The van der Waals surface area contributed by atoms with Crippen LogP contribution in [-0.2, 0) is 0 Å². The molecule has 3 aromatic rings. The second-order valence-corrected chi connectivity index (χ2v) is 5.49. The van der Waals surface area contributed by atoms with E-state index in [1.807, 2.05) is 32.0 Å². The third kappa shape index (κ3) is 2.82. The Morgan fingerprint density at radius 1 is 1.04 bits per heavy atom. The van der Waals surface area contributed by atoms with Crippen LogP contribution in [0.5, 0.6) is 11.5 Å². The van der Waals surface area contributed by atoms with Crippen LogP contribution in [0.4, 0.5) is 10.2 Å². The van der Waals surface area contributed by atoms with E-state index in [4.69, 9.17) is 4.74 Å². The molecule has 118 valence electrons. The van der Waals surface area contributed by atoms with Gasteiger partial charge in [0.05, 0.1) is 5.52 Å². The lowest BCUT2D eigenvalue weighted by atomic mass is 10.1. The van der Waals surface area contributed by atoms with Gasteiger partial charge in [-0.15, -0.1) is 0 Å². The third-order valence-electron chi connectivity index (χ3n) is 3.72. The molecule has 4 nitrogen and oxygen atoms in total. The number of hydrogen-bond donors (Lipinski definition) is 1. The standard InChI is InChI=1S/C18H18FN3O/c1-10-6-5-7-11(2)17(10)23-16-8-13-15(9-14(16)19)21-12(3)22-18(13)20-4/h5-9H,1-4H3,(H,20,21,22). The van der Waals surface area contributed by atoms with Crippen LogP contribution in [0.2, 0.25) is 0 Å². The highest BCUT2D eigenvalue weighted by Gasteiger charge is 2.14. The number of aromatic nitrogens is 2. The minimum Gasteiger partial charge on any atom is -0.454 e. The lowest BCUT2D eigenvalue weighted by Crippen LogP contribution is -2.00. The van der Waals surface area contributed by atoms with Crippen LogP contribution in [0.15, 0.2) is 30.3 Å². The van der Waals surface area contributed by atoms with E-state index in [0.717, 1.165) is 16.5 Å². The van der Waals surface area contributed by atoms with E-state index in [-0.39, 0.29) is 5.75 Å². The van der Waals surface area contributed by atoms with Gasteiger partial charge in [-0.05, 0) is 38.0 Å². The summed E-state index contributed by atoms with van der Waals surface area (Å²) in [5, 5.41) is 3.74. The fourth-order valence-corrected chi connectivity index (χ4v) is 2.59. The zero-order chi connectivity index (χ0) is 16.6. The van der Waals surface area contributed by atoms with Gasteiger partial charge in [0.2, 0.25) is 0 Å². The molecule has 0 atom stereocenters. The van der Waals surface area contributed by atoms with Crippen LogP contribution < -0.4 is 10.1 Å². The number of nitrogens with zero attached hydrogens (tertiary/aromatic N) is 2. The van der Waals surface area contributed by atoms with E-state index in [0.29, 0.717) is 22.9 Å². The predicted octanol–water partition coefficient (Wildman–Crippen LogP) is 4.53.